The number of hydrogen-bond donors (Lipinski definition) is 0. The third-order valence-electron chi connectivity index (χ3n) is 8.12. The third kappa shape index (κ3) is 2.87. The van der Waals surface area contributed by atoms with Crippen molar-refractivity contribution in [3.63, 3.8) is 0 Å². The van der Waals surface area contributed by atoms with E-state index in [9.17, 15) is 0 Å². The van der Waals surface area contributed by atoms with Crippen LogP contribution in [0.15, 0.2) is 27.1 Å². The number of rotatable bonds is 4. The molecule has 6 heteroatoms. The predicted molar refractivity (Wildman–Crippen MR) is 110 cm³/mol. The van der Waals surface area contributed by atoms with Crippen LogP contribution in [0.1, 0.15) is 58.3 Å². The van der Waals surface area contributed by atoms with Gasteiger partial charge in [-0.25, -0.2) is 0 Å². The second-order valence-electron chi connectivity index (χ2n) is 9.02. The largest absolute Gasteiger partial charge is 0.399 e. The number of oxime groups is 3. The van der Waals surface area contributed by atoms with Crippen LogP contribution in [0.2, 0.25) is 0 Å². The summed E-state index contributed by atoms with van der Waals surface area (Å²) in [5, 5.41) is 12.9. The Kier molecular flexibility index (Phi) is 5.23. The molecule has 0 saturated heterocycles. The van der Waals surface area contributed by atoms with E-state index in [0.717, 1.165) is 31.4 Å². The van der Waals surface area contributed by atoms with E-state index in [0.29, 0.717) is 17.8 Å². The molecular weight excluding hydrogens is 354 g/mol. The minimum absolute atomic E-state index is 0.00578. The van der Waals surface area contributed by atoms with Gasteiger partial charge in [0.15, 0.2) is 0 Å². The monoisotopic (exact) mass is 387 g/mol. The smallest absolute Gasteiger partial charge is 0.106 e. The summed E-state index contributed by atoms with van der Waals surface area (Å²) in [5.41, 5.74) is 3.97. The Bertz CT molecular complexity index is 729. The van der Waals surface area contributed by atoms with Gasteiger partial charge >= 0.3 is 0 Å². The first-order valence-electron chi connectivity index (χ1n) is 10.6. The van der Waals surface area contributed by atoms with Crippen LogP contribution in [0.25, 0.3) is 0 Å². The molecule has 0 aromatic carbocycles. The highest BCUT2D eigenvalue weighted by Gasteiger charge is 2.59. The van der Waals surface area contributed by atoms with Crippen LogP contribution < -0.4 is 0 Å². The fraction of sp³-hybridized carbons (Fsp3) is 0.773. The Morgan fingerprint density at radius 2 is 1.75 bits per heavy atom. The second kappa shape index (κ2) is 7.53. The summed E-state index contributed by atoms with van der Waals surface area (Å²) in [6.07, 6.45) is 13.4. The Balaban J connectivity index is 1.71. The Morgan fingerprint density at radius 3 is 2.50 bits per heavy atom. The van der Waals surface area contributed by atoms with E-state index in [1.165, 1.54) is 37.0 Å². The summed E-state index contributed by atoms with van der Waals surface area (Å²) < 4.78 is 0. The molecule has 4 aliphatic carbocycles. The molecule has 3 fully saturated rings. The maximum absolute atomic E-state index is 5.19. The minimum Gasteiger partial charge on any atom is -0.399 e. The van der Waals surface area contributed by atoms with Gasteiger partial charge in [0.2, 0.25) is 0 Å². The standard InChI is InChI=1S/C22H33N3O3/c1-21-11-10-19-17(18(21)7-8-20(21)25-28-4)6-5-15-13-16(24-27-3)9-12-22(15,19)14-23-26-2/h13-14,17-19H,5-12H2,1-4H3/b23-14-,24-16-,25-20-/t17-,18-,19-,21-,22+/m0/s1. The van der Waals surface area contributed by atoms with Gasteiger partial charge in [0.05, 0.1) is 17.6 Å². The van der Waals surface area contributed by atoms with Gasteiger partial charge in [0, 0.05) is 10.8 Å². The third-order valence-corrected chi connectivity index (χ3v) is 8.12. The van der Waals surface area contributed by atoms with Crippen molar-refractivity contribution in [3.8, 4) is 0 Å². The highest BCUT2D eigenvalue weighted by Crippen LogP contribution is 2.64. The molecule has 0 amide bonds. The molecule has 6 nitrogen and oxygen atoms in total. The summed E-state index contributed by atoms with van der Waals surface area (Å²) in [5.74, 6) is 1.99. The number of allylic oxidation sites excluding steroid dienone is 2. The van der Waals surface area contributed by atoms with Gasteiger partial charge in [-0.15, -0.1) is 0 Å². The zero-order chi connectivity index (χ0) is 19.8. The topological polar surface area (TPSA) is 64.8 Å². The molecule has 0 bridgehead atoms. The summed E-state index contributed by atoms with van der Waals surface area (Å²) in [7, 11) is 4.93. The minimum atomic E-state index is -0.00578. The molecule has 4 aliphatic rings. The van der Waals surface area contributed by atoms with E-state index in [2.05, 4.69) is 34.7 Å². The number of nitrogens with zero attached hydrogens (tertiary/aromatic N) is 3. The van der Waals surface area contributed by atoms with Gasteiger partial charge in [-0.05, 0) is 75.2 Å². The van der Waals surface area contributed by atoms with Crippen molar-refractivity contribution in [2.45, 2.75) is 58.3 Å². The fourth-order valence-corrected chi connectivity index (χ4v) is 6.91. The maximum atomic E-state index is 5.19. The quantitative estimate of drug-likeness (QED) is 0.524. The Labute approximate surface area is 168 Å². The SMILES string of the molecule is CO/N=C\[C@]12CC/C(=N/OC)C=C1CC[C@@H]1[C@@H]2CC[C@]2(C)/C(=N\OC)CC[C@@H]12. The van der Waals surface area contributed by atoms with Gasteiger partial charge in [0.25, 0.3) is 0 Å². The molecule has 0 aromatic heterocycles. The van der Waals surface area contributed by atoms with Crippen LogP contribution in [0, 0.1) is 28.6 Å². The number of hydrogen-bond acceptors (Lipinski definition) is 6. The van der Waals surface area contributed by atoms with Crippen molar-refractivity contribution >= 4 is 17.6 Å². The van der Waals surface area contributed by atoms with E-state index in [4.69, 9.17) is 14.5 Å². The highest BCUT2D eigenvalue weighted by atomic mass is 16.6. The summed E-state index contributed by atoms with van der Waals surface area (Å²) in [6.45, 7) is 2.42. The van der Waals surface area contributed by atoms with E-state index < -0.39 is 0 Å². The van der Waals surface area contributed by atoms with Crippen LogP contribution >= 0.6 is 0 Å². The van der Waals surface area contributed by atoms with Crippen LogP contribution in [0.5, 0.6) is 0 Å². The molecular formula is C22H33N3O3. The van der Waals surface area contributed by atoms with Crippen molar-refractivity contribution in [3.05, 3.63) is 11.6 Å². The first-order valence-corrected chi connectivity index (χ1v) is 10.6. The van der Waals surface area contributed by atoms with E-state index in [1.807, 2.05) is 0 Å². The molecule has 3 saturated carbocycles. The first-order chi connectivity index (χ1) is 13.6. The molecule has 0 N–H and O–H groups in total. The molecule has 0 aromatic rings. The summed E-state index contributed by atoms with van der Waals surface area (Å²) in [4.78, 5) is 15.4. The van der Waals surface area contributed by atoms with Gasteiger partial charge in [-0.2, -0.15) is 0 Å². The predicted octanol–water partition coefficient (Wildman–Crippen LogP) is 4.57. The Hall–Kier alpha value is -1.85. The molecule has 0 aliphatic heterocycles. The summed E-state index contributed by atoms with van der Waals surface area (Å²) >= 11 is 0. The molecule has 0 radical (unpaired) electrons. The molecule has 0 spiro atoms. The van der Waals surface area contributed by atoms with Gasteiger partial charge < -0.3 is 14.5 Å². The number of fused-ring (bicyclic) bond motifs is 5. The van der Waals surface area contributed by atoms with Gasteiger partial charge in [-0.3, -0.25) is 0 Å². The van der Waals surface area contributed by atoms with Crippen molar-refractivity contribution in [1.82, 2.24) is 0 Å². The molecule has 28 heavy (non-hydrogen) atoms. The lowest BCUT2D eigenvalue weighted by Crippen LogP contribution is -2.52. The molecule has 0 unspecified atom stereocenters. The normalized spacial score (nSPS) is 42.7. The average Bonchev–Trinajstić information content (AvgIpc) is 3.03. The van der Waals surface area contributed by atoms with Gasteiger partial charge in [-0.1, -0.05) is 28.0 Å². The van der Waals surface area contributed by atoms with Crippen LogP contribution in [-0.4, -0.2) is 39.0 Å². The maximum Gasteiger partial charge on any atom is 0.106 e. The summed E-state index contributed by atoms with van der Waals surface area (Å²) in [6, 6.07) is 0. The lowest BCUT2D eigenvalue weighted by Gasteiger charge is -2.56. The van der Waals surface area contributed by atoms with Crippen molar-refractivity contribution in [1.29, 1.82) is 0 Å². The molecule has 5 atom stereocenters. The Morgan fingerprint density at radius 1 is 0.929 bits per heavy atom. The average molecular weight is 388 g/mol. The van der Waals surface area contributed by atoms with Crippen molar-refractivity contribution in [2.75, 3.05) is 21.3 Å². The van der Waals surface area contributed by atoms with Gasteiger partial charge in [0.1, 0.15) is 21.3 Å². The lowest BCUT2D eigenvalue weighted by molar-refractivity contribution is 0.00409. The van der Waals surface area contributed by atoms with Crippen molar-refractivity contribution in [2.24, 2.45) is 44.1 Å². The fourth-order valence-electron chi connectivity index (χ4n) is 6.91. The zero-order valence-electron chi connectivity index (χ0n) is 17.6. The highest BCUT2D eigenvalue weighted by molar-refractivity contribution is 5.98. The molecule has 0 heterocycles. The second-order valence-corrected chi connectivity index (χ2v) is 9.02. The molecule has 4 rings (SSSR count). The van der Waals surface area contributed by atoms with Crippen molar-refractivity contribution < 1.29 is 14.5 Å². The van der Waals surface area contributed by atoms with Crippen LogP contribution in [0.4, 0.5) is 0 Å². The van der Waals surface area contributed by atoms with Crippen LogP contribution in [0.3, 0.4) is 0 Å². The zero-order valence-corrected chi connectivity index (χ0v) is 17.6. The lowest BCUT2D eigenvalue weighted by atomic mass is 9.47. The van der Waals surface area contributed by atoms with E-state index >= 15 is 0 Å². The van der Waals surface area contributed by atoms with E-state index in [-0.39, 0.29) is 10.8 Å². The first kappa shape index (κ1) is 19.5. The van der Waals surface area contributed by atoms with E-state index in [1.54, 1.807) is 21.3 Å². The van der Waals surface area contributed by atoms with Crippen LogP contribution in [-0.2, 0) is 14.5 Å². The molecule has 154 valence electrons.